The molecule has 0 atom stereocenters. The summed E-state index contributed by atoms with van der Waals surface area (Å²) in [6.07, 6.45) is 9.92. The van der Waals surface area contributed by atoms with E-state index in [1.54, 1.807) is 0 Å². The molecule has 0 aromatic heterocycles. The minimum atomic E-state index is 0.489. The van der Waals surface area contributed by atoms with E-state index in [9.17, 15) is 0 Å². The lowest BCUT2D eigenvalue weighted by Gasteiger charge is -2.18. The van der Waals surface area contributed by atoms with Crippen molar-refractivity contribution in [3.63, 3.8) is 0 Å². The van der Waals surface area contributed by atoms with E-state index in [0.29, 0.717) is 6.04 Å². The number of hydrogen-bond acceptors (Lipinski definition) is 3. The van der Waals surface area contributed by atoms with E-state index < -0.39 is 0 Å². The fraction of sp³-hybridized carbons (Fsp3) is 0.923. The van der Waals surface area contributed by atoms with Gasteiger partial charge in [-0.25, -0.2) is 0 Å². The normalized spacial score (nSPS) is 18.5. The summed E-state index contributed by atoms with van der Waals surface area (Å²) in [5.74, 6) is 0.774. The Morgan fingerprint density at radius 3 is 2.59 bits per heavy atom. The van der Waals surface area contributed by atoms with Crippen molar-refractivity contribution in [2.45, 2.75) is 57.4 Å². The molecule has 100 valence electrons. The number of nitrogens with two attached hydrogens (primary N) is 2. The van der Waals surface area contributed by atoms with Crippen molar-refractivity contribution in [1.29, 1.82) is 0 Å². The van der Waals surface area contributed by atoms with Gasteiger partial charge in [-0.1, -0.05) is 25.7 Å². The summed E-state index contributed by atoms with van der Waals surface area (Å²) in [4.78, 5) is 4.58. The van der Waals surface area contributed by atoms with Gasteiger partial charge in [0.1, 0.15) is 5.84 Å². The average Bonchev–Trinajstić information content (AvgIpc) is 2.35. The van der Waals surface area contributed by atoms with Gasteiger partial charge in [0.2, 0.25) is 0 Å². The highest BCUT2D eigenvalue weighted by molar-refractivity contribution is 5.82. The largest absolute Gasteiger partial charge is 0.386 e. The van der Waals surface area contributed by atoms with Crippen LogP contribution in [0.5, 0.6) is 0 Å². The molecule has 4 heteroatoms. The third kappa shape index (κ3) is 7.34. The lowest BCUT2D eigenvalue weighted by Crippen LogP contribution is -2.31. The van der Waals surface area contributed by atoms with Crippen LogP contribution in [0, 0.1) is 0 Å². The molecule has 0 heterocycles. The highest BCUT2D eigenvalue weighted by Gasteiger charge is 2.11. The Balaban J connectivity index is 2.02. The molecule has 5 N–H and O–H groups in total. The molecule has 0 amide bonds. The average molecular weight is 240 g/mol. The first-order valence-electron chi connectivity index (χ1n) is 7.06. The first-order valence-corrected chi connectivity index (χ1v) is 7.06. The number of aliphatic imine (C=N–C) groups is 1. The molecule has 1 rings (SSSR count). The lowest BCUT2D eigenvalue weighted by atomic mass is 9.96. The van der Waals surface area contributed by atoms with Crippen LogP contribution in [-0.2, 0) is 0 Å². The number of amidine groups is 1. The predicted molar refractivity (Wildman–Crippen MR) is 74.3 cm³/mol. The van der Waals surface area contributed by atoms with Crippen LogP contribution < -0.4 is 16.8 Å². The monoisotopic (exact) mass is 240 g/mol. The maximum Gasteiger partial charge on any atom is 0.108 e. The molecule has 0 bridgehead atoms. The standard InChI is InChI=1S/C13H28N4/c14-9-5-2-6-10-16-11-13(15)17-12-7-3-1-4-8-12/h12,16H,1-11,14H2,(H2,15,17). The van der Waals surface area contributed by atoms with Crippen LogP contribution in [0.1, 0.15) is 51.4 Å². The molecule has 0 aromatic rings. The van der Waals surface area contributed by atoms with Crippen molar-refractivity contribution < 1.29 is 0 Å². The van der Waals surface area contributed by atoms with E-state index in [4.69, 9.17) is 11.5 Å². The van der Waals surface area contributed by atoms with E-state index in [-0.39, 0.29) is 0 Å². The van der Waals surface area contributed by atoms with Gasteiger partial charge in [-0.3, -0.25) is 4.99 Å². The molecule has 0 saturated heterocycles. The SMILES string of the molecule is NCCCCCNCC(N)=NC1CCCCC1. The molecule has 0 radical (unpaired) electrons. The number of hydrogen-bond donors (Lipinski definition) is 3. The molecule has 0 aliphatic heterocycles. The van der Waals surface area contributed by atoms with E-state index >= 15 is 0 Å². The van der Waals surface area contributed by atoms with Crippen molar-refractivity contribution >= 4 is 5.84 Å². The molecular weight excluding hydrogens is 212 g/mol. The van der Waals surface area contributed by atoms with Gasteiger partial charge in [-0.05, 0) is 38.8 Å². The van der Waals surface area contributed by atoms with Gasteiger partial charge >= 0.3 is 0 Å². The van der Waals surface area contributed by atoms with Crippen molar-refractivity contribution in [2.24, 2.45) is 16.5 Å². The van der Waals surface area contributed by atoms with Gasteiger partial charge in [-0.15, -0.1) is 0 Å². The Bertz CT molecular complexity index is 209. The molecule has 0 unspecified atom stereocenters. The predicted octanol–water partition coefficient (Wildman–Crippen LogP) is 1.39. The molecule has 1 aliphatic rings. The molecule has 17 heavy (non-hydrogen) atoms. The third-order valence-corrected chi connectivity index (χ3v) is 3.29. The summed E-state index contributed by atoms with van der Waals surface area (Å²) >= 11 is 0. The van der Waals surface area contributed by atoms with Gasteiger partial charge in [0.25, 0.3) is 0 Å². The second-order valence-corrected chi connectivity index (χ2v) is 4.94. The fourth-order valence-electron chi connectivity index (χ4n) is 2.28. The molecular formula is C13H28N4. The van der Waals surface area contributed by atoms with Gasteiger partial charge in [0.15, 0.2) is 0 Å². The van der Waals surface area contributed by atoms with Gasteiger partial charge in [0, 0.05) is 0 Å². The fourth-order valence-corrected chi connectivity index (χ4v) is 2.28. The second kappa shape index (κ2) is 9.42. The lowest BCUT2D eigenvalue weighted by molar-refractivity contribution is 0.442. The highest BCUT2D eigenvalue weighted by atomic mass is 15.0. The van der Waals surface area contributed by atoms with Crippen LogP contribution in [0.4, 0.5) is 0 Å². The summed E-state index contributed by atoms with van der Waals surface area (Å²) in [6.45, 7) is 2.55. The molecule has 0 aromatic carbocycles. The minimum Gasteiger partial charge on any atom is -0.386 e. The number of rotatable bonds is 8. The smallest absolute Gasteiger partial charge is 0.108 e. The summed E-state index contributed by atoms with van der Waals surface area (Å²) < 4.78 is 0. The zero-order chi connectivity index (χ0) is 12.3. The van der Waals surface area contributed by atoms with Gasteiger partial charge in [0.05, 0.1) is 12.6 Å². The van der Waals surface area contributed by atoms with Crippen LogP contribution in [0.15, 0.2) is 4.99 Å². The second-order valence-electron chi connectivity index (χ2n) is 4.94. The van der Waals surface area contributed by atoms with Crippen LogP contribution >= 0.6 is 0 Å². The molecule has 0 spiro atoms. The quantitative estimate of drug-likeness (QED) is 0.341. The highest BCUT2D eigenvalue weighted by Crippen LogP contribution is 2.19. The first kappa shape index (κ1) is 14.5. The Hall–Kier alpha value is -0.610. The maximum absolute atomic E-state index is 5.91. The van der Waals surface area contributed by atoms with E-state index in [1.807, 2.05) is 0 Å². The van der Waals surface area contributed by atoms with E-state index in [1.165, 1.54) is 44.9 Å². The Morgan fingerprint density at radius 2 is 1.88 bits per heavy atom. The zero-order valence-electron chi connectivity index (χ0n) is 11.0. The van der Waals surface area contributed by atoms with Crippen molar-refractivity contribution in [1.82, 2.24) is 5.32 Å². The Labute approximate surface area is 105 Å². The van der Waals surface area contributed by atoms with Crippen LogP contribution in [0.25, 0.3) is 0 Å². The van der Waals surface area contributed by atoms with E-state index in [0.717, 1.165) is 31.9 Å². The maximum atomic E-state index is 5.91. The number of unbranched alkanes of at least 4 members (excludes halogenated alkanes) is 2. The van der Waals surface area contributed by atoms with Crippen molar-refractivity contribution in [3.05, 3.63) is 0 Å². The van der Waals surface area contributed by atoms with Crippen LogP contribution in [-0.4, -0.2) is 31.5 Å². The molecule has 1 fully saturated rings. The summed E-state index contributed by atoms with van der Waals surface area (Å²) in [5, 5.41) is 3.34. The minimum absolute atomic E-state index is 0.489. The first-order chi connectivity index (χ1) is 8.33. The zero-order valence-corrected chi connectivity index (χ0v) is 11.0. The molecule has 1 aliphatic carbocycles. The van der Waals surface area contributed by atoms with Crippen LogP contribution in [0.2, 0.25) is 0 Å². The summed E-state index contributed by atoms with van der Waals surface area (Å²) in [6, 6.07) is 0.489. The van der Waals surface area contributed by atoms with Crippen molar-refractivity contribution in [3.8, 4) is 0 Å². The number of nitrogens with one attached hydrogen (secondary N) is 1. The molecule has 4 nitrogen and oxygen atoms in total. The molecule has 1 saturated carbocycles. The Kier molecular flexibility index (Phi) is 8.01. The summed E-state index contributed by atoms with van der Waals surface area (Å²) in [5.41, 5.74) is 11.3. The van der Waals surface area contributed by atoms with Gasteiger partial charge in [-0.2, -0.15) is 0 Å². The number of nitrogens with zero attached hydrogens (tertiary/aromatic N) is 1. The van der Waals surface area contributed by atoms with Crippen LogP contribution in [0.3, 0.4) is 0 Å². The third-order valence-electron chi connectivity index (χ3n) is 3.29. The van der Waals surface area contributed by atoms with Gasteiger partial charge < -0.3 is 16.8 Å². The summed E-state index contributed by atoms with van der Waals surface area (Å²) in [7, 11) is 0. The Morgan fingerprint density at radius 1 is 1.12 bits per heavy atom. The van der Waals surface area contributed by atoms with Crippen molar-refractivity contribution in [2.75, 3.05) is 19.6 Å². The van der Waals surface area contributed by atoms with E-state index in [2.05, 4.69) is 10.3 Å². The topological polar surface area (TPSA) is 76.4 Å².